The zero-order chi connectivity index (χ0) is 21.1. The molecule has 0 radical (unpaired) electrons. The van der Waals surface area contributed by atoms with Gasteiger partial charge in [0.2, 0.25) is 0 Å². The van der Waals surface area contributed by atoms with Crippen molar-refractivity contribution in [3.8, 4) is 0 Å². The molecule has 0 spiro atoms. The fourth-order valence-electron chi connectivity index (χ4n) is 4.42. The second kappa shape index (κ2) is 8.61. The number of carbonyl (C=O) groups is 2. The van der Waals surface area contributed by atoms with E-state index in [0.717, 1.165) is 40.6 Å². The van der Waals surface area contributed by atoms with Crippen LogP contribution < -0.4 is 5.32 Å². The summed E-state index contributed by atoms with van der Waals surface area (Å²) >= 11 is 0. The molecule has 0 saturated carbocycles. The van der Waals surface area contributed by atoms with Gasteiger partial charge in [0.1, 0.15) is 12.6 Å². The van der Waals surface area contributed by atoms with Gasteiger partial charge in [0.15, 0.2) is 0 Å². The number of aliphatic carboxylic acids is 1. The molecule has 0 aliphatic heterocycles. The normalized spacial score (nSPS) is 16.6. The topological polar surface area (TPSA) is 80.6 Å². The second-order valence-corrected chi connectivity index (χ2v) is 7.72. The van der Waals surface area contributed by atoms with Crippen molar-refractivity contribution in [2.45, 2.75) is 51.3 Å². The van der Waals surface area contributed by atoms with Crippen molar-refractivity contribution in [2.24, 2.45) is 0 Å². The van der Waals surface area contributed by atoms with Crippen LogP contribution in [0.15, 0.2) is 54.6 Å². The van der Waals surface area contributed by atoms with Gasteiger partial charge in [-0.15, -0.1) is 0 Å². The molecular weight excluding hydrogens is 380 g/mol. The summed E-state index contributed by atoms with van der Waals surface area (Å²) in [6, 6.07) is 16.9. The number of para-hydroxylation sites is 1. The number of nitrogens with zero attached hydrogens (tertiary/aromatic N) is 1. The van der Waals surface area contributed by atoms with Crippen molar-refractivity contribution < 1.29 is 19.4 Å². The average molecular weight is 406 g/mol. The van der Waals surface area contributed by atoms with Crippen LogP contribution in [0.3, 0.4) is 0 Å². The Hall–Kier alpha value is -3.28. The smallest absolute Gasteiger partial charge is 0.407 e. The first-order valence-electron chi connectivity index (χ1n) is 10.4. The number of amides is 1. The van der Waals surface area contributed by atoms with Crippen LogP contribution in [0.5, 0.6) is 0 Å². The minimum atomic E-state index is -0.814. The molecule has 2 aromatic carbocycles. The van der Waals surface area contributed by atoms with Crippen molar-refractivity contribution >= 4 is 23.0 Å². The van der Waals surface area contributed by atoms with Crippen molar-refractivity contribution in [3.05, 3.63) is 71.4 Å². The third kappa shape index (κ3) is 3.90. The highest BCUT2D eigenvalue weighted by atomic mass is 16.5. The lowest BCUT2D eigenvalue weighted by molar-refractivity contribution is -0.140. The molecule has 0 saturated heterocycles. The summed E-state index contributed by atoms with van der Waals surface area (Å²) in [5, 5.41) is 13.8. The average Bonchev–Trinajstić information content (AvgIpc) is 3.07. The third-order valence-corrected chi connectivity index (χ3v) is 5.83. The van der Waals surface area contributed by atoms with Gasteiger partial charge in [-0.3, -0.25) is 0 Å². The Morgan fingerprint density at radius 3 is 2.63 bits per heavy atom. The van der Waals surface area contributed by atoms with Crippen LogP contribution in [0.2, 0.25) is 0 Å². The molecule has 1 aromatic heterocycles. The monoisotopic (exact) mass is 406 g/mol. The maximum atomic E-state index is 12.3. The van der Waals surface area contributed by atoms with Crippen molar-refractivity contribution in [1.82, 2.24) is 9.88 Å². The maximum absolute atomic E-state index is 12.3. The summed E-state index contributed by atoms with van der Waals surface area (Å²) in [6.07, 6.45) is 2.23. The fourth-order valence-corrected chi connectivity index (χ4v) is 4.42. The first kappa shape index (κ1) is 20.0. The van der Waals surface area contributed by atoms with Crippen molar-refractivity contribution in [3.63, 3.8) is 0 Å². The Bertz CT molecular complexity index is 1060. The molecule has 6 heteroatoms. The molecule has 1 aliphatic rings. The predicted molar refractivity (Wildman–Crippen MR) is 114 cm³/mol. The maximum Gasteiger partial charge on any atom is 0.407 e. The van der Waals surface area contributed by atoms with Crippen LogP contribution in [0.1, 0.15) is 42.6 Å². The summed E-state index contributed by atoms with van der Waals surface area (Å²) in [4.78, 5) is 24.2. The number of carboxylic acid groups (broad SMARTS) is 1. The second-order valence-electron chi connectivity index (χ2n) is 7.72. The zero-order valence-electron chi connectivity index (χ0n) is 17.0. The third-order valence-electron chi connectivity index (χ3n) is 5.83. The van der Waals surface area contributed by atoms with E-state index in [0.29, 0.717) is 12.8 Å². The summed E-state index contributed by atoms with van der Waals surface area (Å²) in [7, 11) is 0. The lowest BCUT2D eigenvalue weighted by Gasteiger charge is -2.26. The van der Waals surface area contributed by atoms with Gasteiger partial charge in [0.05, 0.1) is 0 Å². The van der Waals surface area contributed by atoms with Crippen LogP contribution in [0.25, 0.3) is 10.9 Å². The molecular formula is C24H26N2O4. The molecule has 0 bridgehead atoms. The summed E-state index contributed by atoms with van der Waals surface area (Å²) < 4.78 is 7.35. The number of fused-ring (bicyclic) bond motifs is 3. The minimum absolute atomic E-state index is 0.0371. The number of rotatable bonds is 6. The number of hydrogen-bond donors (Lipinski definition) is 2. The molecule has 1 unspecified atom stereocenters. The molecule has 2 atom stereocenters. The summed E-state index contributed by atoms with van der Waals surface area (Å²) in [6.45, 7) is 2.14. The molecule has 1 amide bonds. The number of carbonyl (C=O) groups excluding carboxylic acids is 1. The van der Waals surface area contributed by atoms with E-state index >= 15 is 0 Å². The first-order valence-corrected chi connectivity index (χ1v) is 10.4. The quantitative estimate of drug-likeness (QED) is 0.633. The SMILES string of the molecule is CCC(C(=O)O)n1c2c(c3ccccc31)C[C@@H](NC(=O)OCc1ccccc1)CC2. The number of benzene rings is 2. The number of ether oxygens (including phenoxy) is 1. The summed E-state index contributed by atoms with van der Waals surface area (Å²) in [5.41, 5.74) is 4.09. The van der Waals surface area contributed by atoms with Gasteiger partial charge in [0, 0.05) is 22.6 Å². The highest BCUT2D eigenvalue weighted by Crippen LogP contribution is 2.35. The van der Waals surface area contributed by atoms with E-state index in [1.165, 1.54) is 0 Å². The Morgan fingerprint density at radius 2 is 1.90 bits per heavy atom. The highest BCUT2D eigenvalue weighted by Gasteiger charge is 2.30. The van der Waals surface area contributed by atoms with Crippen LogP contribution in [0.4, 0.5) is 4.79 Å². The van der Waals surface area contributed by atoms with Crippen molar-refractivity contribution in [1.29, 1.82) is 0 Å². The Balaban J connectivity index is 1.52. The Morgan fingerprint density at radius 1 is 1.17 bits per heavy atom. The van der Waals surface area contributed by atoms with E-state index in [9.17, 15) is 14.7 Å². The van der Waals surface area contributed by atoms with E-state index in [2.05, 4.69) is 5.32 Å². The first-order chi connectivity index (χ1) is 14.6. The molecule has 156 valence electrons. The number of aromatic nitrogens is 1. The lowest BCUT2D eigenvalue weighted by atomic mass is 9.91. The van der Waals surface area contributed by atoms with Gasteiger partial charge < -0.3 is 19.7 Å². The summed E-state index contributed by atoms with van der Waals surface area (Å²) in [5.74, 6) is -0.814. The molecule has 2 N–H and O–H groups in total. The van der Waals surface area contributed by atoms with Gasteiger partial charge in [-0.25, -0.2) is 9.59 Å². The van der Waals surface area contributed by atoms with Gasteiger partial charge >= 0.3 is 12.1 Å². The number of alkyl carbamates (subject to hydrolysis) is 1. The van der Waals surface area contributed by atoms with E-state index < -0.39 is 18.1 Å². The van der Waals surface area contributed by atoms with E-state index in [1.54, 1.807) is 0 Å². The van der Waals surface area contributed by atoms with Crippen molar-refractivity contribution in [2.75, 3.05) is 0 Å². The molecule has 0 fully saturated rings. The molecule has 4 rings (SSSR count). The van der Waals surface area contributed by atoms with Gasteiger partial charge in [0.25, 0.3) is 0 Å². The lowest BCUT2D eigenvalue weighted by Crippen LogP contribution is -2.39. The largest absolute Gasteiger partial charge is 0.480 e. The minimum Gasteiger partial charge on any atom is -0.480 e. The molecule has 1 aliphatic carbocycles. The number of hydrogen-bond acceptors (Lipinski definition) is 3. The molecule has 30 heavy (non-hydrogen) atoms. The molecule has 3 aromatic rings. The van der Waals surface area contributed by atoms with E-state index in [4.69, 9.17) is 4.74 Å². The van der Waals surface area contributed by atoms with Gasteiger partial charge in [-0.1, -0.05) is 55.5 Å². The van der Waals surface area contributed by atoms with E-state index in [-0.39, 0.29) is 12.6 Å². The van der Waals surface area contributed by atoms with Gasteiger partial charge in [-0.05, 0) is 42.9 Å². The van der Waals surface area contributed by atoms with Crippen LogP contribution in [-0.2, 0) is 29.0 Å². The highest BCUT2D eigenvalue weighted by molar-refractivity contribution is 5.88. The standard InChI is InChI=1S/C24H26N2O4/c1-2-20(23(27)28)26-21-11-7-6-10-18(21)19-14-17(12-13-22(19)26)25-24(29)30-15-16-8-4-3-5-9-16/h3-11,17,20H,2,12-15H2,1H3,(H,25,29)(H,27,28)/t17-,20?/m0/s1. The Labute approximate surface area is 175 Å². The van der Waals surface area contributed by atoms with Gasteiger partial charge in [-0.2, -0.15) is 0 Å². The molecule has 6 nitrogen and oxygen atoms in total. The van der Waals surface area contributed by atoms with Crippen LogP contribution >= 0.6 is 0 Å². The van der Waals surface area contributed by atoms with Crippen LogP contribution in [-0.4, -0.2) is 27.8 Å². The molecule has 1 heterocycles. The predicted octanol–water partition coefficient (Wildman–Crippen LogP) is 4.46. The number of carboxylic acids is 1. The van der Waals surface area contributed by atoms with E-state index in [1.807, 2.05) is 66.1 Å². The Kier molecular flexibility index (Phi) is 5.74. The zero-order valence-corrected chi connectivity index (χ0v) is 17.0. The van der Waals surface area contributed by atoms with Crippen LogP contribution in [0, 0.1) is 0 Å². The fraction of sp³-hybridized carbons (Fsp3) is 0.333. The number of nitrogens with one attached hydrogen (secondary N) is 1.